The molecule has 1 aromatic heterocycles. The van der Waals surface area contributed by atoms with E-state index < -0.39 is 17.9 Å². The standard InChI is InChI=1S/C27H28N2O5.C20H20O6/c1-32-23-14-21(17-9-5-4-6-10-17)25(33-2)24(26(23)34-3)27(31)29-19(16-30)13-18-15-28-22-12-8-7-11-20(18)22;1-24-17-11-15(12-18(25-2)19(17)26-3)14-8-13(6-4-5-7-21)9-16(10-14)20(22)23/h4-12,14-15,19,28,30H,13,16H2,1-3H3,(H,29,31);8-12,21H,5,7H2,1-3H3,(H,22,23)/t19-;/m1./s1. The summed E-state index contributed by atoms with van der Waals surface area (Å²) in [5, 5.41) is 32.3. The van der Waals surface area contributed by atoms with Gasteiger partial charge in [-0.2, -0.15) is 0 Å². The van der Waals surface area contributed by atoms with Gasteiger partial charge in [0.25, 0.3) is 5.91 Å². The van der Waals surface area contributed by atoms with E-state index in [1.165, 1.54) is 48.7 Å². The summed E-state index contributed by atoms with van der Waals surface area (Å²) < 4.78 is 32.8. The summed E-state index contributed by atoms with van der Waals surface area (Å²) in [5.74, 6) is 6.62. The Hall–Kier alpha value is -7.14. The normalized spacial score (nSPS) is 10.9. The average molecular weight is 817 g/mol. The molecule has 0 aliphatic carbocycles. The van der Waals surface area contributed by atoms with Crippen molar-refractivity contribution in [1.82, 2.24) is 10.3 Å². The molecule has 0 aliphatic heterocycles. The van der Waals surface area contributed by atoms with Gasteiger partial charge in [0.1, 0.15) is 11.3 Å². The van der Waals surface area contributed by atoms with Crippen LogP contribution in [0.1, 0.15) is 38.3 Å². The summed E-state index contributed by atoms with van der Waals surface area (Å²) in [5.41, 5.74) is 5.79. The molecule has 60 heavy (non-hydrogen) atoms. The van der Waals surface area contributed by atoms with E-state index in [0.717, 1.165) is 22.0 Å². The van der Waals surface area contributed by atoms with Crippen molar-refractivity contribution in [2.45, 2.75) is 18.9 Å². The van der Waals surface area contributed by atoms with Gasteiger partial charge in [-0.25, -0.2) is 4.79 Å². The van der Waals surface area contributed by atoms with Crippen molar-refractivity contribution in [3.63, 3.8) is 0 Å². The highest BCUT2D eigenvalue weighted by Crippen LogP contribution is 2.45. The summed E-state index contributed by atoms with van der Waals surface area (Å²) in [6, 6.07) is 27.1. The third kappa shape index (κ3) is 10.1. The first-order valence-corrected chi connectivity index (χ1v) is 18.8. The molecule has 6 aromatic rings. The Bertz CT molecular complexity index is 2460. The predicted octanol–water partition coefficient (Wildman–Crippen LogP) is 7.01. The lowest BCUT2D eigenvalue weighted by Crippen LogP contribution is -2.39. The summed E-state index contributed by atoms with van der Waals surface area (Å²) in [6.45, 7) is -0.281. The summed E-state index contributed by atoms with van der Waals surface area (Å²) in [7, 11) is 9.06. The fraction of sp³-hybridized carbons (Fsp3) is 0.234. The van der Waals surface area contributed by atoms with Crippen LogP contribution in [0.15, 0.2) is 97.2 Å². The van der Waals surface area contributed by atoms with Gasteiger partial charge in [0, 0.05) is 34.6 Å². The zero-order valence-corrected chi connectivity index (χ0v) is 34.3. The van der Waals surface area contributed by atoms with E-state index in [9.17, 15) is 19.8 Å². The third-order valence-corrected chi connectivity index (χ3v) is 9.48. The zero-order chi connectivity index (χ0) is 43.2. The minimum atomic E-state index is -1.05. The second-order valence-corrected chi connectivity index (χ2v) is 13.1. The molecule has 0 fully saturated rings. The number of aromatic amines is 1. The molecule has 0 spiro atoms. The van der Waals surface area contributed by atoms with Gasteiger partial charge in [0.05, 0.1) is 67.5 Å². The maximum absolute atomic E-state index is 13.6. The van der Waals surface area contributed by atoms with E-state index in [-0.39, 0.29) is 30.1 Å². The molecular formula is C47H48N2O11. The van der Waals surface area contributed by atoms with E-state index in [2.05, 4.69) is 22.1 Å². The Morgan fingerprint density at radius 3 is 1.92 bits per heavy atom. The highest BCUT2D eigenvalue weighted by Gasteiger charge is 2.28. The molecule has 1 atom stereocenters. The number of H-pyrrole nitrogens is 1. The number of aromatic carboxylic acids is 1. The van der Waals surface area contributed by atoms with Crippen molar-refractivity contribution in [2.24, 2.45) is 0 Å². The van der Waals surface area contributed by atoms with Crippen LogP contribution in [0.25, 0.3) is 33.2 Å². The lowest BCUT2D eigenvalue weighted by atomic mass is 9.98. The van der Waals surface area contributed by atoms with Crippen LogP contribution in [-0.4, -0.2) is 94.1 Å². The molecule has 13 heteroatoms. The van der Waals surface area contributed by atoms with Gasteiger partial charge in [-0.05, 0) is 71.1 Å². The van der Waals surface area contributed by atoms with Crippen molar-refractivity contribution in [2.75, 3.05) is 55.9 Å². The first-order chi connectivity index (χ1) is 29.1. The van der Waals surface area contributed by atoms with Crippen molar-refractivity contribution < 1.29 is 53.3 Å². The van der Waals surface area contributed by atoms with E-state index in [0.29, 0.717) is 63.8 Å². The van der Waals surface area contributed by atoms with E-state index in [1.807, 2.05) is 60.8 Å². The molecule has 1 amide bonds. The number of aliphatic hydroxyl groups excluding tert-OH is 2. The van der Waals surface area contributed by atoms with Gasteiger partial charge in [-0.3, -0.25) is 4.79 Å². The molecular weight excluding hydrogens is 769 g/mol. The second kappa shape index (κ2) is 21.0. The quantitative estimate of drug-likeness (QED) is 0.0674. The molecule has 5 N–H and O–H groups in total. The fourth-order valence-corrected chi connectivity index (χ4v) is 6.67. The van der Waals surface area contributed by atoms with Crippen LogP contribution in [0.4, 0.5) is 0 Å². The number of ether oxygens (including phenoxy) is 6. The number of carbonyl (C=O) groups excluding carboxylic acids is 1. The van der Waals surface area contributed by atoms with Crippen molar-refractivity contribution in [3.8, 4) is 68.6 Å². The maximum atomic E-state index is 13.6. The van der Waals surface area contributed by atoms with Crippen LogP contribution in [-0.2, 0) is 6.42 Å². The Kier molecular flexibility index (Phi) is 15.4. The average Bonchev–Trinajstić information content (AvgIpc) is 3.70. The Morgan fingerprint density at radius 1 is 0.700 bits per heavy atom. The summed E-state index contributed by atoms with van der Waals surface area (Å²) in [4.78, 5) is 28.3. The van der Waals surface area contributed by atoms with Crippen LogP contribution < -0.4 is 33.7 Å². The lowest BCUT2D eigenvalue weighted by molar-refractivity contribution is 0.0696. The Balaban J connectivity index is 0.000000237. The van der Waals surface area contributed by atoms with Gasteiger partial charge in [-0.1, -0.05) is 60.4 Å². The van der Waals surface area contributed by atoms with Gasteiger partial charge in [-0.15, -0.1) is 0 Å². The number of hydrogen-bond acceptors (Lipinski definition) is 10. The molecule has 13 nitrogen and oxygen atoms in total. The highest BCUT2D eigenvalue weighted by molar-refractivity contribution is 6.03. The summed E-state index contributed by atoms with van der Waals surface area (Å²) >= 11 is 0. The van der Waals surface area contributed by atoms with Gasteiger partial charge < -0.3 is 54.0 Å². The van der Waals surface area contributed by atoms with Gasteiger partial charge in [0.2, 0.25) is 5.75 Å². The zero-order valence-electron chi connectivity index (χ0n) is 34.3. The number of rotatable bonds is 15. The topological polar surface area (TPSA) is 178 Å². The minimum absolute atomic E-state index is 0.0502. The number of benzene rings is 5. The number of para-hydroxylation sites is 1. The maximum Gasteiger partial charge on any atom is 0.335 e. The van der Waals surface area contributed by atoms with E-state index >= 15 is 0 Å². The monoisotopic (exact) mass is 816 g/mol. The molecule has 0 bridgehead atoms. The van der Waals surface area contributed by atoms with Crippen molar-refractivity contribution in [1.29, 1.82) is 0 Å². The molecule has 0 radical (unpaired) electrons. The third-order valence-electron chi connectivity index (χ3n) is 9.48. The highest BCUT2D eigenvalue weighted by atomic mass is 16.5. The van der Waals surface area contributed by atoms with Crippen LogP contribution >= 0.6 is 0 Å². The number of fused-ring (bicyclic) bond motifs is 1. The Morgan fingerprint density at radius 2 is 1.32 bits per heavy atom. The number of carboxylic acid groups (broad SMARTS) is 1. The van der Waals surface area contributed by atoms with Crippen LogP contribution in [0.2, 0.25) is 0 Å². The Labute approximate surface area is 348 Å². The van der Waals surface area contributed by atoms with Crippen LogP contribution in [0, 0.1) is 11.8 Å². The molecule has 312 valence electrons. The summed E-state index contributed by atoms with van der Waals surface area (Å²) in [6.07, 6.45) is 2.67. The predicted molar refractivity (Wildman–Crippen MR) is 229 cm³/mol. The number of carboxylic acids is 1. The first kappa shape index (κ1) is 44.0. The van der Waals surface area contributed by atoms with Gasteiger partial charge >= 0.3 is 5.97 Å². The van der Waals surface area contributed by atoms with Crippen LogP contribution in [0.5, 0.6) is 34.5 Å². The van der Waals surface area contributed by atoms with E-state index in [1.54, 1.807) is 30.3 Å². The largest absolute Gasteiger partial charge is 0.495 e. The SMILES string of the molecule is COc1cc(-c2cc(C#CCCO)cc(C(=O)O)c2)cc(OC)c1OC.COc1cc(-c2ccccc2)c(OC)c(C(=O)N[C@@H](CO)Cc2c[nH]c3ccccc23)c1OC. The minimum Gasteiger partial charge on any atom is -0.495 e. The van der Waals surface area contributed by atoms with Crippen molar-refractivity contribution >= 4 is 22.8 Å². The first-order valence-electron chi connectivity index (χ1n) is 18.8. The molecule has 6 rings (SSSR count). The number of aromatic nitrogens is 1. The second-order valence-electron chi connectivity index (χ2n) is 13.1. The van der Waals surface area contributed by atoms with E-state index in [4.69, 9.17) is 33.5 Å². The number of nitrogens with one attached hydrogen (secondary N) is 2. The number of amides is 1. The van der Waals surface area contributed by atoms with Crippen molar-refractivity contribution in [3.05, 3.63) is 119 Å². The number of hydrogen-bond donors (Lipinski definition) is 5. The molecule has 0 saturated heterocycles. The van der Waals surface area contributed by atoms with Crippen LogP contribution in [0.3, 0.4) is 0 Å². The molecule has 1 heterocycles. The molecule has 5 aromatic carbocycles. The number of aliphatic hydroxyl groups is 2. The lowest BCUT2D eigenvalue weighted by Gasteiger charge is -2.22. The molecule has 0 unspecified atom stereocenters. The van der Waals surface area contributed by atoms with Gasteiger partial charge in [0.15, 0.2) is 23.0 Å². The molecule has 0 aliphatic rings. The number of methoxy groups -OCH3 is 6. The molecule has 0 saturated carbocycles. The number of carbonyl (C=O) groups is 2. The fourth-order valence-electron chi connectivity index (χ4n) is 6.67. The smallest absolute Gasteiger partial charge is 0.335 e.